The molecule has 0 spiro atoms. The molecule has 1 aliphatic rings. The number of para-hydroxylation sites is 1. The molecule has 1 aliphatic carbocycles. The summed E-state index contributed by atoms with van der Waals surface area (Å²) in [6, 6.07) is 4.01. The Morgan fingerprint density at radius 2 is 2.30 bits per heavy atom. The van der Waals surface area contributed by atoms with Crippen LogP contribution in [-0.2, 0) is 0 Å². The van der Waals surface area contributed by atoms with Crippen LogP contribution in [0.3, 0.4) is 0 Å². The molecule has 104 valence electrons. The van der Waals surface area contributed by atoms with Crippen LogP contribution in [-0.4, -0.2) is 9.91 Å². The van der Waals surface area contributed by atoms with Gasteiger partial charge in [-0.3, -0.25) is 10.1 Å². The summed E-state index contributed by atoms with van der Waals surface area (Å²) in [5.74, 6) is -0.419. The molecule has 1 N–H and O–H groups in total. The second kappa shape index (κ2) is 5.16. The van der Waals surface area contributed by atoms with Gasteiger partial charge in [-0.05, 0) is 30.9 Å². The molecule has 0 saturated heterocycles. The fourth-order valence-electron chi connectivity index (χ4n) is 2.18. The number of thiazole rings is 1. The highest BCUT2D eigenvalue weighted by atomic mass is 32.1. The van der Waals surface area contributed by atoms with Crippen molar-refractivity contribution in [1.82, 2.24) is 4.98 Å². The molecule has 20 heavy (non-hydrogen) atoms. The van der Waals surface area contributed by atoms with Gasteiger partial charge in [-0.1, -0.05) is 6.07 Å². The molecule has 7 heteroatoms. The van der Waals surface area contributed by atoms with Crippen LogP contribution < -0.4 is 5.32 Å². The van der Waals surface area contributed by atoms with Gasteiger partial charge in [0.05, 0.1) is 11.0 Å². The number of nitro groups is 1. The van der Waals surface area contributed by atoms with Crippen LogP contribution >= 0.6 is 11.3 Å². The molecular formula is C13H12FN3O2S. The fourth-order valence-corrected chi connectivity index (χ4v) is 2.96. The molecule has 3 rings (SSSR count). The molecule has 0 radical (unpaired) electrons. The lowest BCUT2D eigenvalue weighted by atomic mass is 10.1. The molecule has 0 aliphatic heterocycles. The molecule has 2 aromatic rings. The van der Waals surface area contributed by atoms with Gasteiger partial charge in [0.25, 0.3) is 0 Å². The Kier molecular flexibility index (Phi) is 3.35. The number of nitro benzene ring substituents is 1. The molecule has 1 saturated carbocycles. The number of rotatable bonds is 5. The molecule has 1 heterocycles. The Bertz CT molecular complexity index is 629. The van der Waals surface area contributed by atoms with Gasteiger partial charge in [-0.25, -0.2) is 4.98 Å². The van der Waals surface area contributed by atoms with Crippen molar-refractivity contribution in [2.75, 3.05) is 5.32 Å². The predicted molar refractivity (Wildman–Crippen MR) is 74.3 cm³/mol. The molecule has 1 fully saturated rings. The number of halogens is 1. The smallest absolute Gasteiger partial charge is 0.327 e. The number of benzene rings is 1. The third kappa shape index (κ3) is 2.49. The van der Waals surface area contributed by atoms with Crippen LogP contribution in [0.25, 0.3) is 0 Å². The lowest BCUT2D eigenvalue weighted by Crippen LogP contribution is -2.14. The Labute approximate surface area is 118 Å². The third-order valence-corrected chi connectivity index (χ3v) is 4.15. The van der Waals surface area contributed by atoms with Crippen molar-refractivity contribution < 1.29 is 9.31 Å². The van der Waals surface area contributed by atoms with Gasteiger partial charge in [0.15, 0.2) is 0 Å². The second-order valence-electron chi connectivity index (χ2n) is 4.72. The fraction of sp³-hybridized carbons (Fsp3) is 0.308. The Balaban J connectivity index is 1.93. The van der Waals surface area contributed by atoms with Crippen LogP contribution in [0.5, 0.6) is 0 Å². The number of nitrogens with one attached hydrogen (secondary N) is 1. The van der Waals surface area contributed by atoms with Crippen LogP contribution in [0.1, 0.15) is 23.9 Å². The SMILES string of the molecule is O=[N+]([O-])c1c(F)cccc1N[C@@H](c1nccs1)C1CC1. The minimum absolute atomic E-state index is 0.0875. The maximum atomic E-state index is 13.6. The summed E-state index contributed by atoms with van der Waals surface area (Å²) in [6.07, 6.45) is 3.82. The van der Waals surface area contributed by atoms with E-state index in [4.69, 9.17) is 0 Å². The van der Waals surface area contributed by atoms with Gasteiger partial charge < -0.3 is 5.32 Å². The number of hydrogen-bond donors (Lipinski definition) is 1. The standard InChI is InChI=1S/C13H12FN3O2S/c14-9-2-1-3-10(12(9)17(18)19)16-11(8-4-5-8)13-15-6-7-20-13/h1-3,6-8,11,16H,4-5H2/t11-/m1/s1. The van der Waals surface area contributed by atoms with Crippen molar-refractivity contribution in [3.8, 4) is 0 Å². The first-order chi connectivity index (χ1) is 9.66. The topological polar surface area (TPSA) is 68.1 Å². The number of anilines is 1. The molecule has 0 bridgehead atoms. The predicted octanol–water partition coefficient (Wildman–Crippen LogP) is 3.75. The van der Waals surface area contributed by atoms with Gasteiger partial charge in [0.1, 0.15) is 10.7 Å². The summed E-state index contributed by atoms with van der Waals surface area (Å²) in [5.41, 5.74) is -0.295. The van der Waals surface area contributed by atoms with E-state index in [0.717, 1.165) is 23.9 Å². The first kappa shape index (κ1) is 13.0. The van der Waals surface area contributed by atoms with Gasteiger partial charge in [0.2, 0.25) is 5.82 Å². The van der Waals surface area contributed by atoms with E-state index in [1.807, 2.05) is 5.38 Å². The van der Waals surface area contributed by atoms with Crippen molar-refractivity contribution in [3.05, 3.63) is 50.7 Å². The summed E-state index contributed by atoms with van der Waals surface area (Å²) in [7, 11) is 0. The number of hydrogen-bond acceptors (Lipinski definition) is 5. The Morgan fingerprint density at radius 1 is 1.50 bits per heavy atom. The van der Waals surface area contributed by atoms with Gasteiger partial charge in [-0.15, -0.1) is 11.3 Å². The summed E-state index contributed by atoms with van der Waals surface area (Å²) in [6.45, 7) is 0. The average Bonchev–Trinajstić information content (AvgIpc) is 3.10. The van der Waals surface area contributed by atoms with Crippen molar-refractivity contribution >= 4 is 22.7 Å². The highest BCUT2D eigenvalue weighted by Gasteiger charge is 2.35. The van der Waals surface area contributed by atoms with Crippen LogP contribution in [0.4, 0.5) is 15.8 Å². The quantitative estimate of drug-likeness (QED) is 0.673. The number of aromatic nitrogens is 1. The summed E-state index contributed by atoms with van der Waals surface area (Å²) >= 11 is 1.50. The largest absolute Gasteiger partial charge is 0.370 e. The maximum Gasteiger partial charge on any atom is 0.327 e. The molecule has 5 nitrogen and oxygen atoms in total. The van der Waals surface area contributed by atoms with Crippen molar-refractivity contribution in [3.63, 3.8) is 0 Å². The van der Waals surface area contributed by atoms with E-state index >= 15 is 0 Å². The molecule has 1 aromatic carbocycles. The average molecular weight is 293 g/mol. The van der Waals surface area contributed by atoms with E-state index in [2.05, 4.69) is 10.3 Å². The Morgan fingerprint density at radius 3 is 2.90 bits per heavy atom. The normalized spacial score (nSPS) is 15.8. The van der Waals surface area contributed by atoms with E-state index in [1.165, 1.54) is 23.5 Å². The van der Waals surface area contributed by atoms with Crippen molar-refractivity contribution in [2.24, 2.45) is 5.92 Å². The number of nitrogens with zero attached hydrogens (tertiary/aromatic N) is 2. The van der Waals surface area contributed by atoms with E-state index < -0.39 is 16.4 Å². The minimum Gasteiger partial charge on any atom is -0.370 e. The zero-order valence-electron chi connectivity index (χ0n) is 10.5. The van der Waals surface area contributed by atoms with Crippen molar-refractivity contribution in [2.45, 2.75) is 18.9 Å². The molecule has 1 atom stereocenters. The highest BCUT2D eigenvalue weighted by Crippen LogP contribution is 2.44. The second-order valence-corrected chi connectivity index (χ2v) is 5.65. The van der Waals surface area contributed by atoms with E-state index in [-0.39, 0.29) is 11.7 Å². The summed E-state index contributed by atoms with van der Waals surface area (Å²) in [5, 5.41) is 16.9. The Hall–Kier alpha value is -2.02. The van der Waals surface area contributed by atoms with E-state index in [1.54, 1.807) is 6.20 Å². The van der Waals surface area contributed by atoms with Gasteiger partial charge in [-0.2, -0.15) is 4.39 Å². The first-order valence-corrected chi connectivity index (χ1v) is 7.13. The lowest BCUT2D eigenvalue weighted by molar-refractivity contribution is -0.386. The zero-order valence-corrected chi connectivity index (χ0v) is 11.3. The van der Waals surface area contributed by atoms with E-state index in [0.29, 0.717) is 5.92 Å². The zero-order chi connectivity index (χ0) is 14.1. The molecular weight excluding hydrogens is 281 g/mol. The minimum atomic E-state index is -0.825. The maximum absolute atomic E-state index is 13.6. The molecule has 0 amide bonds. The van der Waals surface area contributed by atoms with Crippen LogP contribution in [0.2, 0.25) is 0 Å². The lowest BCUT2D eigenvalue weighted by Gasteiger charge is -2.17. The first-order valence-electron chi connectivity index (χ1n) is 6.25. The molecule has 1 aromatic heterocycles. The highest BCUT2D eigenvalue weighted by molar-refractivity contribution is 7.09. The van der Waals surface area contributed by atoms with Gasteiger partial charge in [0, 0.05) is 11.6 Å². The van der Waals surface area contributed by atoms with Gasteiger partial charge >= 0.3 is 5.69 Å². The summed E-state index contributed by atoms with van der Waals surface area (Å²) < 4.78 is 13.6. The third-order valence-electron chi connectivity index (χ3n) is 3.29. The van der Waals surface area contributed by atoms with Crippen molar-refractivity contribution in [1.29, 1.82) is 0 Å². The molecule has 0 unspecified atom stereocenters. The van der Waals surface area contributed by atoms with E-state index in [9.17, 15) is 14.5 Å². The monoisotopic (exact) mass is 293 g/mol. The van der Waals surface area contributed by atoms with Crippen LogP contribution in [0.15, 0.2) is 29.8 Å². The van der Waals surface area contributed by atoms with Crippen LogP contribution in [0, 0.1) is 21.8 Å². The summed E-state index contributed by atoms with van der Waals surface area (Å²) in [4.78, 5) is 14.6.